The van der Waals surface area contributed by atoms with Gasteiger partial charge >= 0.3 is 0 Å². The minimum atomic E-state index is 0.559. The minimum Gasteiger partial charge on any atom is -0.385 e. The van der Waals surface area contributed by atoms with E-state index in [0.29, 0.717) is 29.5 Å². The van der Waals surface area contributed by atoms with E-state index >= 15 is 0 Å². The Labute approximate surface area is 180 Å². The zero-order valence-corrected chi connectivity index (χ0v) is 18.9. The van der Waals surface area contributed by atoms with Crippen LogP contribution in [0.2, 0.25) is 0 Å². The van der Waals surface area contributed by atoms with Crippen LogP contribution in [-0.4, -0.2) is 61.5 Å². The van der Waals surface area contributed by atoms with Crippen LogP contribution < -0.4 is 20.4 Å². The second kappa shape index (κ2) is 10.9. The van der Waals surface area contributed by atoms with Gasteiger partial charge in [0.2, 0.25) is 5.95 Å². The maximum absolute atomic E-state index is 5.45. The van der Waals surface area contributed by atoms with Crippen LogP contribution in [0.1, 0.15) is 46.0 Å². The van der Waals surface area contributed by atoms with E-state index in [2.05, 4.69) is 40.3 Å². The van der Waals surface area contributed by atoms with Crippen LogP contribution in [0.25, 0.3) is 0 Å². The van der Waals surface area contributed by atoms with E-state index in [1.54, 1.807) is 7.11 Å². The van der Waals surface area contributed by atoms with Crippen LogP contribution in [0, 0.1) is 11.8 Å². The molecular formula is C21H36N6OS. The van der Waals surface area contributed by atoms with Gasteiger partial charge in [-0.3, -0.25) is 0 Å². The molecule has 7 nitrogen and oxygen atoms in total. The van der Waals surface area contributed by atoms with Crippen molar-refractivity contribution in [1.82, 2.24) is 15.3 Å². The van der Waals surface area contributed by atoms with Crippen molar-refractivity contribution >= 4 is 34.9 Å². The zero-order valence-electron chi connectivity index (χ0n) is 18.1. The number of methoxy groups -OCH3 is 1. The average molecular weight is 421 g/mol. The Morgan fingerprint density at radius 3 is 2.41 bits per heavy atom. The summed E-state index contributed by atoms with van der Waals surface area (Å²) >= 11 is 5.45. The Kier molecular flexibility index (Phi) is 8.29. The van der Waals surface area contributed by atoms with Gasteiger partial charge in [0.05, 0.1) is 0 Å². The predicted molar refractivity (Wildman–Crippen MR) is 124 cm³/mol. The number of hydrogen-bond donors (Lipinski definition) is 2. The van der Waals surface area contributed by atoms with Crippen molar-refractivity contribution in [1.29, 1.82) is 0 Å². The SMILES string of the molecule is COCCCNC(=S)Nc1nc(N2CCCCC2)cc(N2CC(C)CC(C)C2)n1. The lowest BCUT2D eigenvalue weighted by molar-refractivity contribution is 0.196. The number of thiocarbonyl (C=S) groups is 1. The smallest absolute Gasteiger partial charge is 0.232 e. The van der Waals surface area contributed by atoms with Crippen molar-refractivity contribution in [2.24, 2.45) is 11.8 Å². The lowest BCUT2D eigenvalue weighted by Gasteiger charge is -2.36. The fourth-order valence-corrected chi connectivity index (χ4v) is 4.53. The Bertz CT molecular complexity index is 657. The number of rotatable bonds is 7. The van der Waals surface area contributed by atoms with Crippen LogP contribution in [-0.2, 0) is 4.74 Å². The molecule has 2 saturated heterocycles. The van der Waals surface area contributed by atoms with Gasteiger partial charge in [-0.15, -0.1) is 0 Å². The Morgan fingerprint density at radius 1 is 1.10 bits per heavy atom. The topological polar surface area (TPSA) is 65.6 Å². The zero-order chi connectivity index (χ0) is 20.6. The second-order valence-corrected chi connectivity index (χ2v) is 8.94. The van der Waals surface area contributed by atoms with Crippen molar-refractivity contribution in [2.75, 3.05) is 61.6 Å². The molecule has 2 aliphatic rings. The van der Waals surface area contributed by atoms with Crippen LogP contribution in [0.15, 0.2) is 6.07 Å². The molecule has 3 heterocycles. The molecule has 0 spiro atoms. The lowest BCUT2D eigenvalue weighted by Crippen LogP contribution is -2.40. The highest BCUT2D eigenvalue weighted by Gasteiger charge is 2.24. The van der Waals surface area contributed by atoms with Crippen LogP contribution in [0.3, 0.4) is 0 Å². The molecule has 0 aromatic carbocycles. The molecule has 3 rings (SSSR count). The summed E-state index contributed by atoms with van der Waals surface area (Å²) in [6, 6.07) is 2.16. The first-order valence-corrected chi connectivity index (χ1v) is 11.4. The third kappa shape index (κ3) is 6.67. The van der Waals surface area contributed by atoms with E-state index in [1.807, 2.05) is 0 Å². The molecule has 0 saturated carbocycles. The van der Waals surface area contributed by atoms with Gasteiger partial charge < -0.3 is 25.2 Å². The van der Waals surface area contributed by atoms with Gasteiger partial charge in [-0.1, -0.05) is 13.8 Å². The van der Waals surface area contributed by atoms with E-state index in [4.69, 9.17) is 26.9 Å². The van der Waals surface area contributed by atoms with Crippen molar-refractivity contribution in [3.63, 3.8) is 0 Å². The number of ether oxygens (including phenoxy) is 1. The van der Waals surface area contributed by atoms with E-state index in [-0.39, 0.29) is 0 Å². The molecule has 2 fully saturated rings. The maximum atomic E-state index is 5.45. The molecule has 0 radical (unpaired) electrons. The standard InChI is InChI=1S/C21H36N6OS/c1-16-12-17(2)15-27(14-16)19-13-18(26-9-5-4-6-10-26)23-20(24-19)25-21(29)22-8-7-11-28-3/h13,16-17H,4-12,14-15H2,1-3H3,(H2,22,23,24,25,29). The Morgan fingerprint density at radius 2 is 1.76 bits per heavy atom. The third-order valence-electron chi connectivity index (χ3n) is 5.61. The quantitative estimate of drug-likeness (QED) is 0.515. The van der Waals surface area contributed by atoms with Crippen LogP contribution in [0.4, 0.5) is 17.6 Å². The summed E-state index contributed by atoms with van der Waals surface area (Å²) in [5.41, 5.74) is 0. The minimum absolute atomic E-state index is 0.559. The van der Waals surface area contributed by atoms with E-state index in [9.17, 15) is 0 Å². The molecule has 0 amide bonds. The molecule has 2 aliphatic heterocycles. The molecule has 8 heteroatoms. The summed E-state index contributed by atoms with van der Waals surface area (Å²) in [6.45, 7) is 10.3. The molecule has 0 bridgehead atoms. The molecular weight excluding hydrogens is 384 g/mol. The summed E-state index contributed by atoms with van der Waals surface area (Å²) in [5, 5.41) is 6.97. The van der Waals surface area contributed by atoms with Crippen LogP contribution in [0.5, 0.6) is 0 Å². The van der Waals surface area contributed by atoms with Crippen molar-refractivity contribution in [3.05, 3.63) is 6.07 Å². The third-order valence-corrected chi connectivity index (χ3v) is 5.85. The fraction of sp³-hybridized carbons (Fsp3) is 0.762. The van der Waals surface area contributed by atoms with Gasteiger partial charge in [0.25, 0.3) is 0 Å². The second-order valence-electron chi connectivity index (χ2n) is 8.53. The van der Waals surface area contributed by atoms with Crippen molar-refractivity contribution in [3.8, 4) is 0 Å². The van der Waals surface area contributed by atoms with Gasteiger partial charge in [0, 0.05) is 52.5 Å². The number of nitrogens with one attached hydrogen (secondary N) is 2. The highest BCUT2D eigenvalue weighted by Crippen LogP contribution is 2.29. The summed E-state index contributed by atoms with van der Waals surface area (Å²) in [6.07, 6.45) is 5.93. The summed E-state index contributed by atoms with van der Waals surface area (Å²) in [4.78, 5) is 14.4. The van der Waals surface area contributed by atoms with E-state index in [1.165, 1.54) is 25.7 Å². The molecule has 1 aromatic rings. The molecule has 2 N–H and O–H groups in total. The Balaban J connectivity index is 1.76. The van der Waals surface area contributed by atoms with Crippen molar-refractivity contribution < 1.29 is 4.74 Å². The highest BCUT2D eigenvalue weighted by atomic mass is 32.1. The first-order chi connectivity index (χ1) is 14.0. The van der Waals surface area contributed by atoms with Gasteiger partial charge in [-0.25, -0.2) is 0 Å². The summed E-state index contributed by atoms with van der Waals surface area (Å²) in [5.74, 6) is 3.94. The summed E-state index contributed by atoms with van der Waals surface area (Å²) in [7, 11) is 1.71. The van der Waals surface area contributed by atoms with Crippen molar-refractivity contribution in [2.45, 2.75) is 46.0 Å². The largest absolute Gasteiger partial charge is 0.385 e. The van der Waals surface area contributed by atoms with E-state index in [0.717, 1.165) is 50.8 Å². The number of aromatic nitrogens is 2. The Hall–Kier alpha value is -1.67. The van der Waals surface area contributed by atoms with Gasteiger partial charge in [-0.05, 0) is 56.2 Å². The molecule has 0 aliphatic carbocycles. The van der Waals surface area contributed by atoms with Gasteiger partial charge in [0.15, 0.2) is 5.11 Å². The predicted octanol–water partition coefficient (Wildman–Crippen LogP) is 3.27. The normalized spacial score (nSPS) is 22.4. The molecule has 2 unspecified atom stereocenters. The summed E-state index contributed by atoms with van der Waals surface area (Å²) < 4.78 is 5.09. The molecule has 162 valence electrons. The van der Waals surface area contributed by atoms with Gasteiger partial charge in [-0.2, -0.15) is 9.97 Å². The first kappa shape index (κ1) is 22.0. The first-order valence-electron chi connectivity index (χ1n) is 11.0. The van der Waals surface area contributed by atoms with Crippen LogP contribution >= 0.6 is 12.2 Å². The highest BCUT2D eigenvalue weighted by molar-refractivity contribution is 7.80. The van der Waals surface area contributed by atoms with E-state index < -0.39 is 0 Å². The van der Waals surface area contributed by atoms with Gasteiger partial charge in [0.1, 0.15) is 11.6 Å². The fourth-order valence-electron chi connectivity index (χ4n) is 4.34. The molecule has 29 heavy (non-hydrogen) atoms. The lowest BCUT2D eigenvalue weighted by atomic mass is 9.92. The molecule has 2 atom stereocenters. The maximum Gasteiger partial charge on any atom is 0.232 e. The monoisotopic (exact) mass is 420 g/mol. The number of piperidine rings is 2. The molecule has 1 aromatic heterocycles. The number of nitrogens with zero attached hydrogens (tertiary/aromatic N) is 4. The number of hydrogen-bond acceptors (Lipinski definition) is 6. The average Bonchev–Trinajstić information content (AvgIpc) is 2.71. The number of anilines is 3.